The number of para-hydroxylation sites is 1. The monoisotopic (exact) mass is 830 g/mol. The first-order valence-electron chi connectivity index (χ1n) is 22.1. The van der Waals surface area contributed by atoms with Crippen molar-refractivity contribution in [1.29, 1.82) is 0 Å². The van der Waals surface area contributed by atoms with E-state index in [0.717, 1.165) is 22.7 Å². The molecule has 0 amide bonds. The summed E-state index contributed by atoms with van der Waals surface area (Å²) in [6, 6.07) is 85.8. The molecule has 2 heterocycles. The predicted octanol–water partition coefficient (Wildman–Crippen LogP) is 16.6. The summed E-state index contributed by atoms with van der Waals surface area (Å²) in [4.78, 5) is 2.48. The summed E-state index contributed by atoms with van der Waals surface area (Å²) in [5.74, 6) is 0. The van der Waals surface area contributed by atoms with Crippen LogP contribution in [0.15, 0.2) is 231 Å². The maximum atomic E-state index is 2.48. The first-order chi connectivity index (χ1) is 31.7. The number of anilines is 3. The molecule has 14 rings (SSSR count). The van der Waals surface area contributed by atoms with Gasteiger partial charge in [0, 0.05) is 53.7 Å². The zero-order chi connectivity index (χ0) is 41.9. The molecule has 0 bridgehead atoms. The zero-order valence-electron chi connectivity index (χ0n) is 34.7. The number of hydrogen-bond acceptors (Lipinski definition) is 2. The molecule has 0 unspecified atom stereocenters. The molecule has 0 saturated carbocycles. The van der Waals surface area contributed by atoms with E-state index in [9.17, 15) is 0 Å². The Morgan fingerprint density at radius 3 is 1.58 bits per heavy atom. The molecule has 64 heavy (non-hydrogen) atoms. The predicted molar refractivity (Wildman–Crippen MR) is 270 cm³/mol. The lowest BCUT2D eigenvalue weighted by Crippen LogP contribution is -2.25. The van der Waals surface area contributed by atoms with Crippen molar-refractivity contribution in [1.82, 2.24) is 4.57 Å². The van der Waals surface area contributed by atoms with E-state index in [1.54, 1.807) is 0 Å². The number of aromatic nitrogens is 1. The fourth-order valence-corrected chi connectivity index (χ4v) is 12.4. The highest BCUT2D eigenvalue weighted by molar-refractivity contribution is 7.25. The van der Waals surface area contributed by atoms with Crippen molar-refractivity contribution in [3.05, 3.63) is 253 Å². The van der Waals surface area contributed by atoms with Gasteiger partial charge in [-0.05, 0) is 122 Å². The molecule has 2 aliphatic rings. The molecule has 0 atom stereocenters. The Bertz CT molecular complexity index is 3810. The van der Waals surface area contributed by atoms with Gasteiger partial charge in [-0.25, -0.2) is 0 Å². The van der Waals surface area contributed by atoms with Gasteiger partial charge in [-0.2, -0.15) is 0 Å². The highest BCUT2D eigenvalue weighted by atomic mass is 32.1. The maximum Gasteiger partial charge on any atom is 0.0725 e. The van der Waals surface area contributed by atoms with Crippen molar-refractivity contribution in [3.63, 3.8) is 0 Å². The van der Waals surface area contributed by atoms with Crippen LogP contribution in [0.3, 0.4) is 0 Å². The Morgan fingerprint density at radius 2 is 0.844 bits per heavy atom. The largest absolute Gasteiger partial charge is 0.310 e. The van der Waals surface area contributed by atoms with Gasteiger partial charge >= 0.3 is 0 Å². The summed E-state index contributed by atoms with van der Waals surface area (Å²) >= 11 is 1.86. The third kappa shape index (κ3) is 4.90. The van der Waals surface area contributed by atoms with Gasteiger partial charge in [0.05, 0.1) is 16.4 Å². The van der Waals surface area contributed by atoms with Crippen LogP contribution in [0, 0.1) is 0 Å². The molecule has 10 aromatic carbocycles. The van der Waals surface area contributed by atoms with E-state index in [1.807, 2.05) is 11.3 Å². The fourth-order valence-electron chi connectivity index (χ4n) is 11.3. The second-order valence-electron chi connectivity index (χ2n) is 17.2. The Morgan fingerprint density at radius 1 is 0.328 bits per heavy atom. The average molecular weight is 831 g/mol. The quantitative estimate of drug-likeness (QED) is 0.168. The van der Waals surface area contributed by atoms with Crippen molar-refractivity contribution in [2.75, 3.05) is 4.90 Å². The minimum absolute atomic E-state index is 0.398. The minimum Gasteiger partial charge on any atom is -0.310 e. The first kappa shape index (κ1) is 35.6. The molecule has 0 aliphatic heterocycles. The number of rotatable bonds is 5. The van der Waals surface area contributed by atoms with Crippen LogP contribution >= 0.6 is 11.3 Å². The second-order valence-corrected chi connectivity index (χ2v) is 18.3. The van der Waals surface area contributed by atoms with Gasteiger partial charge in [0.25, 0.3) is 0 Å². The van der Waals surface area contributed by atoms with Crippen LogP contribution in [0.2, 0.25) is 0 Å². The Hall–Kier alpha value is -7.98. The van der Waals surface area contributed by atoms with E-state index in [1.165, 1.54) is 97.6 Å². The lowest BCUT2D eigenvalue weighted by Gasteiger charge is -2.31. The molecule has 0 fully saturated rings. The molecule has 12 aromatic rings. The van der Waals surface area contributed by atoms with Gasteiger partial charge in [-0.1, -0.05) is 164 Å². The smallest absolute Gasteiger partial charge is 0.0725 e. The molecular formula is C61H38N2S. The number of hydrogen-bond donors (Lipinski definition) is 0. The van der Waals surface area contributed by atoms with Crippen molar-refractivity contribution in [2.45, 2.75) is 5.41 Å². The normalized spacial score (nSPS) is 13.1. The van der Waals surface area contributed by atoms with Crippen molar-refractivity contribution in [2.24, 2.45) is 0 Å². The third-order valence-corrected chi connectivity index (χ3v) is 15.1. The highest BCUT2D eigenvalue weighted by Gasteiger charge is 2.51. The lowest BCUT2D eigenvalue weighted by molar-refractivity contribution is 0.794. The third-order valence-electron chi connectivity index (χ3n) is 14.0. The van der Waals surface area contributed by atoms with Gasteiger partial charge in [0.1, 0.15) is 0 Å². The van der Waals surface area contributed by atoms with E-state index in [2.05, 4.69) is 240 Å². The molecule has 2 aliphatic carbocycles. The molecule has 0 saturated heterocycles. The SMILES string of the molecule is c1ccc(-c2ccc3c4ccc(N(c5ccc6c(c5)-c5ccccc5C65c6ccccc6-c6ccccc65)c5ccc6sc7ccccc7c6c5)cc4n(-c4ccccc4)c3c2)cc1. The van der Waals surface area contributed by atoms with Gasteiger partial charge in [0.2, 0.25) is 0 Å². The van der Waals surface area contributed by atoms with E-state index in [4.69, 9.17) is 0 Å². The number of thiophene rings is 1. The van der Waals surface area contributed by atoms with Gasteiger partial charge in [0.15, 0.2) is 0 Å². The second kappa shape index (κ2) is 13.5. The van der Waals surface area contributed by atoms with Gasteiger partial charge < -0.3 is 9.47 Å². The number of nitrogens with zero attached hydrogens (tertiary/aromatic N) is 2. The molecule has 3 heteroatoms. The maximum absolute atomic E-state index is 2.48. The molecule has 1 spiro atoms. The van der Waals surface area contributed by atoms with E-state index in [-0.39, 0.29) is 0 Å². The Kier molecular flexibility index (Phi) is 7.51. The first-order valence-corrected chi connectivity index (χ1v) is 22.9. The minimum atomic E-state index is -0.398. The summed E-state index contributed by atoms with van der Waals surface area (Å²) in [6.07, 6.45) is 0. The molecule has 0 radical (unpaired) electrons. The zero-order valence-corrected chi connectivity index (χ0v) is 35.6. The number of fused-ring (bicyclic) bond motifs is 16. The van der Waals surface area contributed by atoms with Crippen LogP contribution in [0.4, 0.5) is 17.1 Å². The molecule has 298 valence electrons. The summed E-state index contributed by atoms with van der Waals surface area (Å²) in [5, 5.41) is 5.03. The Balaban J connectivity index is 1.03. The summed E-state index contributed by atoms with van der Waals surface area (Å²) < 4.78 is 5.05. The van der Waals surface area contributed by atoms with Gasteiger partial charge in [-0.3, -0.25) is 0 Å². The topological polar surface area (TPSA) is 8.17 Å². The molecule has 0 N–H and O–H groups in total. The van der Waals surface area contributed by atoms with Crippen molar-refractivity contribution in [3.8, 4) is 39.1 Å². The standard InChI is InChI=1S/C61H38N2S/c1-3-15-39(16-4-1)40-27-31-48-49-32-28-44(38-58(49)63(57(48)35-40)41-17-5-2-6-18-41)62(43-30-34-60-52(37-43)50-22-10-14-26-59(50)64-60)42-29-33-56-51(36-42)47-21-9-13-25-55(47)61(56)53-23-11-7-19-45(53)46-20-8-12-24-54(46)61/h1-38H. The number of benzene rings is 10. The van der Waals surface area contributed by atoms with Gasteiger partial charge in [-0.15, -0.1) is 11.3 Å². The molecular weight excluding hydrogens is 793 g/mol. The molecule has 2 nitrogen and oxygen atoms in total. The van der Waals surface area contributed by atoms with E-state index >= 15 is 0 Å². The Labute approximate surface area is 375 Å². The fraction of sp³-hybridized carbons (Fsp3) is 0.0164. The van der Waals surface area contributed by atoms with Crippen LogP contribution in [0.25, 0.3) is 81.0 Å². The van der Waals surface area contributed by atoms with Crippen LogP contribution in [-0.2, 0) is 5.41 Å². The van der Waals surface area contributed by atoms with E-state index in [0.29, 0.717) is 0 Å². The summed E-state index contributed by atoms with van der Waals surface area (Å²) in [6.45, 7) is 0. The van der Waals surface area contributed by atoms with Crippen molar-refractivity contribution >= 4 is 70.4 Å². The van der Waals surface area contributed by atoms with Crippen LogP contribution in [-0.4, -0.2) is 4.57 Å². The molecule has 2 aromatic heterocycles. The summed E-state index contributed by atoms with van der Waals surface area (Å²) in [5.41, 5.74) is 19.5. The lowest BCUT2D eigenvalue weighted by atomic mass is 9.70. The van der Waals surface area contributed by atoms with Crippen LogP contribution in [0.1, 0.15) is 22.3 Å². The van der Waals surface area contributed by atoms with E-state index < -0.39 is 5.41 Å². The summed E-state index contributed by atoms with van der Waals surface area (Å²) in [7, 11) is 0. The van der Waals surface area contributed by atoms with Crippen molar-refractivity contribution < 1.29 is 0 Å². The van der Waals surface area contributed by atoms with Crippen LogP contribution in [0.5, 0.6) is 0 Å². The van der Waals surface area contributed by atoms with Crippen LogP contribution < -0.4 is 4.90 Å². The highest BCUT2D eigenvalue weighted by Crippen LogP contribution is 2.63. The average Bonchev–Trinajstić information content (AvgIpc) is 4.08.